The van der Waals surface area contributed by atoms with Gasteiger partial charge in [0.1, 0.15) is 6.34 Å². The van der Waals surface area contributed by atoms with Crippen LogP contribution >= 0.6 is 0 Å². The van der Waals surface area contributed by atoms with Crippen LogP contribution in [0, 0.1) is 0 Å². The molecular formula is C8H9N3. The molecule has 0 aromatic heterocycles. The highest BCUT2D eigenvalue weighted by Gasteiger charge is 2.02. The smallest absolute Gasteiger partial charge is 0.162 e. The predicted molar refractivity (Wildman–Crippen MR) is 48.4 cm³/mol. The van der Waals surface area contributed by atoms with E-state index in [-0.39, 0.29) is 0 Å². The summed E-state index contributed by atoms with van der Waals surface area (Å²) in [5.41, 5.74) is 0.924. The summed E-state index contributed by atoms with van der Waals surface area (Å²) in [6.07, 6.45) is 6.56. The van der Waals surface area contributed by atoms with E-state index in [1.807, 2.05) is 13.0 Å². The molecule has 56 valence electrons. The first-order chi connectivity index (χ1) is 5.38. The van der Waals surface area contributed by atoms with Gasteiger partial charge in [-0.3, -0.25) is 0 Å². The summed E-state index contributed by atoms with van der Waals surface area (Å²) in [5.74, 6) is 0.664. The average Bonchev–Trinajstić information content (AvgIpc) is 2.06. The van der Waals surface area contributed by atoms with Crippen LogP contribution in [0.4, 0.5) is 0 Å². The zero-order chi connectivity index (χ0) is 8.10. The van der Waals surface area contributed by atoms with Crippen molar-refractivity contribution in [3.05, 3.63) is 24.4 Å². The minimum absolute atomic E-state index is 0.664. The Balaban J connectivity index is 2.97. The first-order valence-corrected chi connectivity index (χ1v) is 3.29. The topological polar surface area (TPSA) is 37.1 Å². The Labute approximate surface area is 65.6 Å². The van der Waals surface area contributed by atoms with Crippen LogP contribution < -0.4 is 0 Å². The van der Waals surface area contributed by atoms with Gasteiger partial charge in [0.15, 0.2) is 5.84 Å². The van der Waals surface area contributed by atoms with Crippen molar-refractivity contribution in [1.82, 2.24) is 0 Å². The van der Waals surface area contributed by atoms with E-state index in [0.717, 1.165) is 5.57 Å². The molecule has 0 saturated carbocycles. The van der Waals surface area contributed by atoms with E-state index in [1.165, 1.54) is 12.5 Å². The second-order valence-electron chi connectivity index (χ2n) is 1.90. The van der Waals surface area contributed by atoms with Crippen LogP contribution in [0.3, 0.4) is 0 Å². The van der Waals surface area contributed by atoms with Gasteiger partial charge in [-0.25, -0.2) is 15.0 Å². The van der Waals surface area contributed by atoms with Gasteiger partial charge in [-0.2, -0.15) is 0 Å². The standard InChI is InChI=1S/C8H9N3/c1-3-7-5-9-6-11-8(7)10-4-2/h3-6H,2H2,1H3/b7-3-,10-8+. The van der Waals surface area contributed by atoms with Gasteiger partial charge in [-0.15, -0.1) is 0 Å². The molecule has 0 fully saturated rings. The number of aliphatic imine (C=N–C) groups is 3. The number of hydrogen-bond donors (Lipinski definition) is 0. The molecule has 0 spiro atoms. The minimum atomic E-state index is 0.664. The molecule has 0 radical (unpaired) electrons. The number of allylic oxidation sites excluding steroid dienone is 1. The van der Waals surface area contributed by atoms with E-state index < -0.39 is 0 Å². The van der Waals surface area contributed by atoms with Gasteiger partial charge in [-0.05, 0) is 6.92 Å². The van der Waals surface area contributed by atoms with Crippen LogP contribution in [-0.2, 0) is 0 Å². The molecule has 0 aromatic rings. The first-order valence-electron chi connectivity index (χ1n) is 3.29. The normalized spacial score (nSPS) is 23.0. The molecule has 0 aromatic carbocycles. The van der Waals surface area contributed by atoms with Crippen molar-refractivity contribution in [1.29, 1.82) is 0 Å². The van der Waals surface area contributed by atoms with Crippen molar-refractivity contribution in [2.24, 2.45) is 15.0 Å². The van der Waals surface area contributed by atoms with E-state index >= 15 is 0 Å². The number of rotatable bonds is 1. The molecule has 1 aliphatic heterocycles. The molecule has 0 bridgehead atoms. The highest BCUT2D eigenvalue weighted by Crippen LogP contribution is 2.00. The third kappa shape index (κ3) is 1.70. The summed E-state index contributed by atoms with van der Waals surface area (Å²) in [7, 11) is 0. The molecule has 3 nitrogen and oxygen atoms in total. The van der Waals surface area contributed by atoms with Gasteiger partial charge in [0.25, 0.3) is 0 Å². The molecule has 1 rings (SSSR count). The lowest BCUT2D eigenvalue weighted by molar-refractivity contribution is 1.47. The van der Waals surface area contributed by atoms with Crippen LogP contribution in [0.1, 0.15) is 6.92 Å². The summed E-state index contributed by atoms with van der Waals surface area (Å²) in [6.45, 7) is 5.41. The number of hydrogen-bond acceptors (Lipinski definition) is 2. The lowest BCUT2D eigenvalue weighted by atomic mass is 10.2. The summed E-state index contributed by atoms with van der Waals surface area (Å²) in [6, 6.07) is 0. The third-order valence-corrected chi connectivity index (χ3v) is 1.24. The second kappa shape index (κ2) is 3.61. The fraction of sp³-hybridized carbons (Fsp3) is 0.125. The maximum Gasteiger partial charge on any atom is 0.162 e. The first kappa shape index (κ1) is 7.60. The maximum atomic E-state index is 3.96. The van der Waals surface area contributed by atoms with Crippen LogP contribution in [0.15, 0.2) is 39.4 Å². The van der Waals surface area contributed by atoms with E-state index in [0.29, 0.717) is 5.84 Å². The van der Waals surface area contributed by atoms with Gasteiger partial charge >= 0.3 is 0 Å². The molecular weight excluding hydrogens is 138 g/mol. The van der Waals surface area contributed by atoms with Crippen molar-refractivity contribution in [2.75, 3.05) is 0 Å². The van der Waals surface area contributed by atoms with Crippen molar-refractivity contribution in [3.63, 3.8) is 0 Å². The highest BCUT2D eigenvalue weighted by atomic mass is 15.0. The molecule has 0 aliphatic carbocycles. The van der Waals surface area contributed by atoms with E-state index in [9.17, 15) is 0 Å². The second-order valence-corrected chi connectivity index (χ2v) is 1.90. The zero-order valence-corrected chi connectivity index (χ0v) is 6.36. The fourth-order valence-corrected chi connectivity index (χ4v) is 0.732. The quantitative estimate of drug-likeness (QED) is 0.540. The van der Waals surface area contributed by atoms with E-state index in [2.05, 4.69) is 21.6 Å². The van der Waals surface area contributed by atoms with Gasteiger partial charge in [0.05, 0.1) is 0 Å². The lowest BCUT2D eigenvalue weighted by Crippen LogP contribution is -2.04. The van der Waals surface area contributed by atoms with Crippen molar-refractivity contribution < 1.29 is 0 Å². The monoisotopic (exact) mass is 147 g/mol. The van der Waals surface area contributed by atoms with E-state index in [4.69, 9.17) is 0 Å². The molecule has 0 saturated heterocycles. The van der Waals surface area contributed by atoms with Gasteiger partial charge in [0, 0.05) is 18.0 Å². The summed E-state index contributed by atoms with van der Waals surface area (Å²) in [5, 5.41) is 0. The number of amidine groups is 1. The van der Waals surface area contributed by atoms with Gasteiger partial charge in [-0.1, -0.05) is 12.7 Å². The Morgan fingerprint density at radius 2 is 2.45 bits per heavy atom. The van der Waals surface area contributed by atoms with Crippen LogP contribution in [-0.4, -0.2) is 18.4 Å². The summed E-state index contributed by atoms with van der Waals surface area (Å²) in [4.78, 5) is 11.8. The Morgan fingerprint density at radius 1 is 1.64 bits per heavy atom. The highest BCUT2D eigenvalue weighted by molar-refractivity contribution is 6.20. The summed E-state index contributed by atoms with van der Waals surface area (Å²) >= 11 is 0. The van der Waals surface area contributed by atoms with Crippen LogP contribution in [0.25, 0.3) is 0 Å². The molecule has 0 amide bonds. The third-order valence-electron chi connectivity index (χ3n) is 1.24. The Morgan fingerprint density at radius 3 is 3.09 bits per heavy atom. The Bertz CT molecular complexity index is 269. The van der Waals surface area contributed by atoms with Crippen LogP contribution in [0.5, 0.6) is 0 Å². The van der Waals surface area contributed by atoms with Crippen molar-refractivity contribution in [2.45, 2.75) is 6.92 Å². The largest absolute Gasteiger partial charge is 0.244 e. The molecule has 3 heteroatoms. The predicted octanol–water partition coefficient (Wildman–Crippen LogP) is 1.59. The lowest BCUT2D eigenvalue weighted by Gasteiger charge is -2.01. The molecule has 0 atom stereocenters. The minimum Gasteiger partial charge on any atom is -0.244 e. The Hall–Kier alpha value is -1.51. The van der Waals surface area contributed by atoms with Crippen LogP contribution in [0.2, 0.25) is 0 Å². The van der Waals surface area contributed by atoms with E-state index in [1.54, 1.807) is 6.21 Å². The number of nitrogens with zero attached hydrogens (tertiary/aromatic N) is 3. The average molecular weight is 147 g/mol. The Kier molecular flexibility index (Phi) is 2.49. The van der Waals surface area contributed by atoms with Crippen molar-refractivity contribution >= 4 is 18.4 Å². The van der Waals surface area contributed by atoms with Crippen molar-refractivity contribution in [3.8, 4) is 0 Å². The van der Waals surface area contributed by atoms with Gasteiger partial charge in [0.2, 0.25) is 0 Å². The molecule has 0 N–H and O–H groups in total. The maximum absolute atomic E-state index is 3.96. The molecule has 0 unspecified atom stereocenters. The fourth-order valence-electron chi connectivity index (χ4n) is 0.732. The zero-order valence-electron chi connectivity index (χ0n) is 6.36. The molecule has 11 heavy (non-hydrogen) atoms. The SMILES string of the molecule is C=C/N=C1/N=CN=C/C1=C/C. The summed E-state index contributed by atoms with van der Waals surface area (Å²) < 4.78 is 0. The molecule has 1 heterocycles. The van der Waals surface area contributed by atoms with Gasteiger partial charge < -0.3 is 0 Å². The molecule has 1 aliphatic rings.